The summed E-state index contributed by atoms with van der Waals surface area (Å²) in [4.78, 5) is 23.2. The zero-order chi connectivity index (χ0) is 13.4. The summed E-state index contributed by atoms with van der Waals surface area (Å²) in [6.07, 6.45) is 2.41. The van der Waals surface area contributed by atoms with Gasteiger partial charge in [0.15, 0.2) is 0 Å². The SMILES string of the molecule is O=C(NNC(=O)C1CC1c1ccccc1F)C1CC1. The average Bonchev–Trinajstić information content (AvgIpc) is 3.28. The first-order valence-electron chi connectivity index (χ1n) is 6.51. The third-order valence-corrected chi connectivity index (χ3v) is 3.69. The molecule has 2 aliphatic rings. The summed E-state index contributed by atoms with van der Waals surface area (Å²) in [7, 11) is 0. The van der Waals surface area contributed by atoms with Crippen molar-refractivity contribution in [3.05, 3.63) is 35.6 Å². The molecule has 2 N–H and O–H groups in total. The summed E-state index contributed by atoms with van der Waals surface area (Å²) in [6.45, 7) is 0. The maximum Gasteiger partial charge on any atom is 0.242 e. The Morgan fingerprint density at radius 2 is 1.79 bits per heavy atom. The van der Waals surface area contributed by atoms with Crippen LogP contribution in [0.1, 0.15) is 30.7 Å². The van der Waals surface area contributed by atoms with Gasteiger partial charge in [0.25, 0.3) is 0 Å². The molecule has 1 aromatic rings. The summed E-state index contributed by atoms with van der Waals surface area (Å²) < 4.78 is 13.5. The standard InChI is InChI=1S/C14H15FN2O2/c15-12-4-2-1-3-9(12)10-7-11(10)14(19)17-16-13(18)8-5-6-8/h1-4,8,10-11H,5-7H2,(H,16,18)(H,17,19). The van der Waals surface area contributed by atoms with E-state index in [1.165, 1.54) is 6.07 Å². The van der Waals surface area contributed by atoms with Crippen LogP contribution in [-0.4, -0.2) is 11.8 Å². The Kier molecular flexibility index (Phi) is 2.97. The molecule has 5 heteroatoms. The van der Waals surface area contributed by atoms with Crippen LogP contribution in [0.5, 0.6) is 0 Å². The minimum Gasteiger partial charge on any atom is -0.273 e. The van der Waals surface area contributed by atoms with E-state index < -0.39 is 0 Å². The monoisotopic (exact) mass is 262 g/mol. The summed E-state index contributed by atoms with van der Waals surface area (Å²) in [5.74, 6) is -0.888. The van der Waals surface area contributed by atoms with Gasteiger partial charge in [0.05, 0.1) is 0 Å². The summed E-state index contributed by atoms with van der Waals surface area (Å²) >= 11 is 0. The zero-order valence-electron chi connectivity index (χ0n) is 10.4. The molecule has 0 spiro atoms. The molecule has 0 aliphatic heterocycles. The van der Waals surface area contributed by atoms with E-state index in [0.29, 0.717) is 12.0 Å². The number of hydrazine groups is 1. The number of carbonyl (C=O) groups is 2. The largest absolute Gasteiger partial charge is 0.273 e. The highest BCUT2D eigenvalue weighted by Gasteiger charge is 2.45. The van der Waals surface area contributed by atoms with E-state index in [0.717, 1.165) is 12.8 Å². The van der Waals surface area contributed by atoms with Crippen LogP contribution in [0, 0.1) is 17.7 Å². The van der Waals surface area contributed by atoms with Crippen LogP contribution in [0.3, 0.4) is 0 Å². The van der Waals surface area contributed by atoms with E-state index in [4.69, 9.17) is 0 Å². The van der Waals surface area contributed by atoms with Crippen molar-refractivity contribution >= 4 is 11.8 Å². The van der Waals surface area contributed by atoms with Crippen molar-refractivity contribution in [1.82, 2.24) is 10.9 Å². The van der Waals surface area contributed by atoms with Crippen LogP contribution in [0.4, 0.5) is 4.39 Å². The lowest BCUT2D eigenvalue weighted by molar-refractivity contribution is -0.130. The molecule has 0 heterocycles. The Hall–Kier alpha value is -1.91. The number of amides is 2. The maximum absolute atomic E-state index is 13.5. The minimum atomic E-state index is -0.273. The van der Waals surface area contributed by atoms with Gasteiger partial charge in [-0.3, -0.25) is 20.4 Å². The maximum atomic E-state index is 13.5. The van der Waals surface area contributed by atoms with Crippen molar-refractivity contribution < 1.29 is 14.0 Å². The number of halogens is 1. The van der Waals surface area contributed by atoms with Crippen LogP contribution in [-0.2, 0) is 9.59 Å². The molecule has 0 bridgehead atoms. The lowest BCUT2D eigenvalue weighted by Crippen LogP contribution is -2.43. The van der Waals surface area contributed by atoms with Gasteiger partial charge in [-0.1, -0.05) is 18.2 Å². The van der Waals surface area contributed by atoms with Gasteiger partial charge in [-0.15, -0.1) is 0 Å². The van der Waals surface area contributed by atoms with Crippen molar-refractivity contribution in [2.24, 2.45) is 11.8 Å². The van der Waals surface area contributed by atoms with Crippen molar-refractivity contribution in [2.45, 2.75) is 25.2 Å². The number of rotatable bonds is 3. The van der Waals surface area contributed by atoms with Crippen molar-refractivity contribution in [2.75, 3.05) is 0 Å². The Morgan fingerprint density at radius 3 is 2.47 bits per heavy atom. The second-order valence-electron chi connectivity index (χ2n) is 5.22. The number of carbonyl (C=O) groups excluding carboxylic acids is 2. The smallest absolute Gasteiger partial charge is 0.242 e. The highest BCUT2D eigenvalue weighted by atomic mass is 19.1. The fourth-order valence-electron chi connectivity index (χ4n) is 2.27. The predicted octanol–water partition coefficient (Wildman–Crippen LogP) is 1.49. The molecular weight excluding hydrogens is 247 g/mol. The molecule has 2 amide bonds. The third kappa shape index (κ3) is 2.59. The van der Waals surface area contributed by atoms with Gasteiger partial charge in [-0.2, -0.15) is 0 Å². The van der Waals surface area contributed by atoms with Gasteiger partial charge in [-0.05, 0) is 36.8 Å². The van der Waals surface area contributed by atoms with E-state index in [2.05, 4.69) is 10.9 Å². The number of hydrogen-bond donors (Lipinski definition) is 2. The molecule has 4 nitrogen and oxygen atoms in total. The summed E-state index contributed by atoms with van der Waals surface area (Å²) in [6, 6.07) is 6.50. The molecule has 100 valence electrons. The van der Waals surface area contributed by atoms with E-state index in [1.807, 2.05) is 0 Å². The van der Waals surface area contributed by atoms with Gasteiger partial charge >= 0.3 is 0 Å². The highest BCUT2D eigenvalue weighted by molar-refractivity contribution is 5.87. The topological polar surface area (TPSA) is 58.2 Å². The van der Waals surface area contributed by atoms with Crippen molar-refractivity contribution in [1.29, 1.82) is 0 Å². The second kappa shape index (κ2) is 4.64. The van der Waals surface area contributed by atoms with E-state index in [1.54, 1.807) is 18.2 Å². The first-order valence-corrected chi connectivity index (χ1v) is 6.51. The van der Waals surface area contributed by atoms with Crippen LogP contribution in [0.15, 0.2) is 24.3 Å². The van der Waals surface area contributed by atoms with Crippen molar-refractivity contribution in [3.63, 3.8) is 0 Å². The molecule has 3 rings (SSSR count). The van der Waals surface area contributed by atoms with E-state index >= 15 is 0 Å². The van der Waals surface area contributed by atoms with E-state index in [-0.39, 0.29) is 35.4 Å². The zero-order valence-corrected chi connectivity index (χ0v) is 10.4. The Balaban J connectivity index is 1.53. The summed E-state index contributed by atoms with van der Waals surface area (Å²) in [5, 5.41) is 0. The Labute approximate surface area is 110 Å². The van der Waals surface area contributed by atoms with Gasteiger partial charge in [-0.25, -0.2) is 4.39 Å². The lowest BCUT2D eigenvalue weighted by Gasteiger charge is -2.06. The van der Waals surface area contributed by atoms with E-state index in [9.17, 15) is 14.0 Å². The first-order chi connectivity index (χ1) is 9.16. The molecule has 2 fully saturated rings. The van der Waals surface area contributed by atoms with Gasteiger partial charge in [0.2, 0.25) is 11.8 Å². The van der Waals surface area contributed by atoms with Gasteiger partial charge < -0.3 is 0 Å². The molecule has 0 saturated heterocycles. The number of hydrogen-bond acceptors (Lipinski definition) is 2. The molecular formula is C14H15FN2O2. The molecule has 0 radical (unpaired) electrons. The van der Waals surface area contributed by atoms with Gasteiger partial charge in [0.1, 0.15) is 5.82 Å². The molecule has 19 heavy (non-hydrogen) atoms. The minimum absolute atomic E-state index is 0.0573. The fourth-order valence-corrected chi connectivity index (χ4v) is 2.27. The van der Waals surface area contributed by atoms with Crippen LogP contribution >= 0.6 is 0 Å². The first kappa shape index (κ1) is 12.1. The average molecular weight is 262 g/mol. The number of benzene rings is 1. The Morgan fingerprint density at radius 1 is 1.11 bits per heavy atom. The highest BCUT2D eigenvalue weighted by Crippen LogP contribution is 2.48. The third-order valence-electron chi connectivity index (χ3n) is 3.69. The quantitative estimate of drug-likeness (QED) is 0.811. The molecule has 2 atom stereocenters. The predicted molar refractivity (Wildman–Crippen MR) is 66.3 cm³/mol. The summed E-state index contributed by atoms with van der Waals surface area (Å²) in [5.41, 5.74) is 5.42. The molecule has 2 saturated carbocycles. The molecule has 2 aliphatic carbocycles. The van der Waals surface area contributed by atoms with Crippen LogP contribution < -0.4 is 10.9 Å². The normalized spacial score (nSPS) is 24.7. The molecule has 0 aromatic heterocycles. The van der Waals surface area contributed by atoms with Crippen LogP contribution in [0.2, 0.25) is 0 Å². The Bertz CT molecular complexity index is 528. The van der Waals surface area contributed by atoms with Gasteiger partial charge in [0, 0.05) is 11.8 Å². The van der Waals surface area contributed by atoms with Crippen LogP contribution in [0.25, 0.3) is 0 Å². The molecule has 1 aromatic carbocycles. The molecule has 2 unspecified atom stereocenters. The lowest BCUT2D eigenvalue weighted by atomic mass is 10.1. The van der Waals surface area contributed by atoms with Crippen molar-refractivity contribution in [3.8, 4) is 0 Å². The fraction of sp³-hybridized carbons (Fsp3) is 0.429. The second-order valence-corrected chi connectivity index (χ2v) is 5.22. The number of nitrogens with one attached hydrogen (secondary N) is 2.